The largest absolute Gasteiger partial charge is 0.345 e. The number of amides is 2. The van der Waals surface area contributed by atoms with E-state index >= 15 is 0 Å². The maximum absolute atomic E-state index is 12.2. The van der Waals surface area contributed by atoms with Crippen LogP contribution in [-0.2, 0) is 4.79 Å². The predicted octanol–water partition coefficient (Wildman–Crippen LogP) is 2.35. The zero-order valence-corrected chi connectivity index (χ0v) is 13.6. The standard InChI is InChI=1S/C15H22ClN3O2/c1-5-9(2)13(17)14(20)18-12-8-10(16)6-7-11(12)15(21)19(3)4/h6-9,13H,5,17H2,1-4H3,(H,18,20)/t9-,13-/m0/s1. The van der Waals surface area contributed by atoms with Crippen LogP contribution in [0.2, 0.25) is 5.02 Å². The van der Waals surface area contributed by atoms with Crippen LogP contribution in [-0.4, -0.2) is 36.9 Å². The molecule has 116 valence electrons. The van der Waals surface area contributed by atoms with E-state index in [-0.39, 0.29) is 17.7 Å². The van der Waals surface area contributed by atoms with E-state index in [4.69, 9.17) is 17.3 Å². The van der Waals surface area contributed by atoms with Crippen molar-refractivity contribution in [2.75, 3.05) is 19.4 Å². The summed E-state index contributed by atoms with van der Waals surface area (Å²) in [6.45, 7) is 3.88. The molecule has 0 bridgehead atoms. The van der Waals surface area contributed by atoms with E-state index in [2.05, 4.69) is 5.32 Å². The van der Waals surface area contributed by atoms with Crippen LogP contribution in [0.5, 0.6) is 0 Å². The van der Waals surface area contributed by atoms with E-state index in [0.717, 1.165) is 6.42 Å². The first-order chi connectivity index (χ1) is 9.77. The Kier molecular flexibility index (Phi) is 6.18. The van der Waals surface area contributed by atoms with Crippen LogP contribution < -0.4 is 11.1 Å². The molecule has 0 saturated heterocycles. The van der Waals surface area contributed by atoms with Crippen molar-refractivity contribution >= 4 is 29.1 Å². The van der Waals surface area contributed by atoms with Gasteiger partial charge in [0.1, 0.15) is 0 Å². The number of hydrogen-bond donors (Lipinski definition) is 2. The molecule has 0 aliphatic rings. The molecule has 0 fully saturated rings. The first-order valence-corrected chi connectivity index (χ1v) is 7.23. The minimum absolute atomic E-state index is 0.0529. The van der Waals surface area contributed by atoms with Crippen molar-refractivity contribution in [3.05, 3.63) is 28.8 Å². The monoisotopic (exact) mass is 311 g/mol. The normalized spacial score (nSPS) is 13.4. The van der Waals surface area contributed by atoms with Gasteiger partial charge in [-0.3, -0.25) is 9.59 Å². The van der Waals surface area contributed by atoms with Gasteiger partial charge in [0.2, 0.25) is 5.91 Å². The number of anilines is 1. The summed E-state index contributed by atoms with van der Waals surface area (Å²) in [5.74, 6) is -0.476. The highest BCUT2D eigenvalue weighted by atomic mass is 35.5. The molecule has 0 spiro atoms. The van der Waals surface area contributed by atoms with Gasteiger partial charge in [0.05, 0.1) is 17.3 Å². The first-order valence-electron chi connectivity index (χ1n) is 6.85. The minimum atomic E-state index is -0.628. The van der Waals surface area contributed by atoms with Crippen molar-refractivity contribution in [3.63, 3.8) is 0 Å². The highest BCUT2D eigenvalue weighted by Gasteiger charge is 2.22. The molecule has 0 unspecified atom stereocenters. The van der Waals surface area contributed by atoms with Gasteiger partial charge in [-0.05, 0) is 24.1 Å². The average Bonchev–Trinajstić information content (AvgIpc) is 2.44. The molecule has 2 atom stereocenters. The Balaban J connectivity index is 3.04. The van der Waals surface area contributed by atoms with Crippen molar-refractivity contribution < 1.29 is 9.59 Å². The second kappa shape index (κ2) is 7.43. The van der Waals surface area contributed by atoms with Crippen LogP contribution in [0.3, 0.4) is 0 Å². The molecule has 6 heteroatoms. The van der Waals surface area contributed by atoms with Crippen LogP contribution in [0.1, 0.15) is 30.6 Å². The molecule has 1 aromatic rings. The summed E-state index contributed by atoms with van der Waals surface area (Å²) in [7, 11) is 3.29. The SMILES string of the molecule is CC[C@H](C)[C@H](N)C(=O)Nc1cc(Cl)ccc1C(=O)N(C)C. The second-order valence-electron chi connectivity index (χ2n) is 5.29. The Hall–Kier alpha value is -1.59. The highest BCUT2D eigenvalue weighted by Crippen LogP contribution is 2.23. The Morgan fingerprint density at radius 3 is 2.52 bits per heavy atom. The van der Waals surface area contributed by atoms with Crippen molar-refractivity contribution in [2.24, 2.45) is 11.7 Å². The molecule has 5 nitrogen and oxygen atoms in total. The zero-order chi connectivity index (χ0) is 16.2. The van der Waals surface area contributed by atoms with Gasteiger partial charge in [-0.1, -0.05) is 31.9 Å². The summed E-state index contributed by atoms with van der Waals surface area (Å²) in [6.07, 6.45) is 0.799. The topological polar surface area (TPSA) is 75.4 Å². The number of carbonyl (C=O) groups is 2. The van der Waals surface area contributed by atoms with Gasteiger partial charge in [0, 0.05) is 19.1 Å². The number of nitrogens with two attached hydrogens (primary N) is 1. The maximum atomic E-state index is 12.2. The molecule has 0 aromatic heterocycles. The number of rotatable bonds is 5. The van der Waals surface area contributed by atoms with E-state index in [1.165, 1.54) is 4.90 Å². The van der Waals surface area contributed by atoms with Crippen LogP contribution in [0.25, 0.3) is 0 Å². The maximum Gasteiger partial charge on any atom is 0.255 e. The molecule has 0 aliphatic carbocycles. The number of hydrogen-bond acceptors (Lipinski definition) is 3. The summed E-state index contributed by atoms with van der Waals surface area (Å²) in [4.78, 5) is 25.7. The van der Waals surface area contributed by atoms with E-state index in [1.54, 1.807) is 32.3 Å². The lowest BCUT2D eigenvalue weighted by Gasteiger charge is -2.20. The molecule has 0 heterocycles. The number of halogens is 1. The molecule has 21 heavy (non-hydrogen) atoms. The quantitative estimate of drug-likeness (QED) is 0.876. The molecule has 3 N–H and O–H groups in total. The third-order valence-electron chi connectivity index (χ3n) is 3.44. The average molecular weight is 312 g/mol. The smallest absolute Gasteiger partial charge is 0.255 e. The highest BCUT2D eigenvalue weighted by molar-refractivity contribution is 6.31. The van der Waals surface area contributed by atoms with Crippen LogP contribution in [0.15, 0.2) is 18.2 Å². The Bertz CT molecular complexity index is 532. The number of nitrogens with zero attached hydrogens (tertiary/aromatic N) is 1. The van der Waals surface area contributed by atoms with Gasteiger partial charge in [-0.2, -0.15) is 0 Å². The van der Waals surface area contributed by atoms with Crippen LogP contribution in [0, 0.1) is 5.92 Å². The molecule has 0 radical (unpaired) electrons. The molecular formula is C15H22ClN3O2. The number of benzene rings is 1. The van der Waals surface area contributed by atoms with Crippen molar-refractivity contribution in [1.29, 1.82) is 0 Å². The zero-order valence-electron chi connectivity index (χ0n) is 12.8. The molecular weight excluding hydrogens is 290 g/mol. The second-order valence-corrected chi connectivity index (χ2v) is 5.73. The van der Waals surface area contributed by atoms with E-state index < -0.39 is 6.04 Å². The number of nitrogens with one attached hydrogen (secondary N) is 1. The third kappa shape index (κ3) is 4.44. The van der Waals surface area contributed by atoms with E-state index in [1.807, 2.05) is 13.8 Å². The van der Waals surface area contributed by atoms with Gasteiger partial charge in [-0.25, -0.2) is 0 Å². The lowest BCUT2D eigenvalue weighted by molar-refractivity contribution is -0.118. The van der Waals surface area contributed by atoms with Gasteiger partial charge in [0.15, 0.2) is 0 Å². The Labute approximate surface area is 130 Å². The van der Waals surface area contributed by atoms with Gasteiger partial charge >= 0.3 is 0 Å². The van der Waals surface area contributed by atoms with Gasteiger partial charge in [0.25, 0.3) is 5.91 Å². The lowest BCUT2D eigenvalue weighted by Crippen LogP contribution is -2.41. The summed E-state index contributed by atoms with van der Waals surface area (Å²) < 4.78 is 0. The molecule has 2 amide bonds. The fourth-order valence-corrected chi connectivity index (χ4v) is 1.95. The molecule has 1 rings (SSSR count). The fraction of sp³-hybridized carbons (Fsp3) is 0.467. The molecule has 0 aliphatic heterocycles. The van der Waals surface area contributed by atoms with Crippen molar-refractivity contribution in [1.82, 2.24) is 4.90 Å². The fourth-order valence-electron chi connectivity index (χ4n) is 1.78. The van der Waals surface area contributed by atoms with Crippen molar-refractivity contribution in [3.8, 4) is 0 Å². The summed E-state index contributed by atoms with van der Waals surface area (Å²) in [5, 5.41) is 3.15. The summed E-state index contributed by atoms with van der Waals surface area (Å²) >= 11 is 5.95. The Morgan fingerprint density at radius 1 is 1.38 bits per heavy atom. The Morgan fingerprint density at radius 2 is 2.00 bits per heavy atom. The first kappa shape index (κ1) is 17.5. The summed E-state index contributed by atoms with van der Waals surface area (Å²) in [5.41, 5.74) is 6.67. The predicted molar refractivity (Wildman–Crippen MR) is 85.5 cm³/mol. The lowest BCUT2D eigenvalue weighted by atomic mass is 9.99. The van der Waals surface area contributed by atoms with Crippen LogP contribution in [0.4, 0.5) is 5.69 Å². The van der Waals surface area contributed by atoms with Crippen molar-refractivity contribution in [2.45, 2.75) is 26.3 Å². The molecule has 1 aromatic carbocycles. The van der Waals surface area contributed by atoms with E-state index in [0.29, 0.717) is 16.3 Å². The summed E-state index contributed by atoms with van der Waals surface area (Å²) in [6, 6.07) is 4.13. The van der Waals surface area contributed by atoms with E-state index in [9.17, 15) is 9.59 Å². The molecule has 0 saturated carbocycles. The van der Waals surface area contributed by atoms with Crippen LogP contribution >= 0.6 is 11.6 Å². The van der Waals surface area contributed by atoms with Gasteiger partial charge in [-0.15, -0.1) is 0 Å². The number of carbonyl (C=O) groups excluding carboxylic acids is 2. The third-order valence-corrected chi connectivity index (χ3v) is 3.67. The van der Waals surface area contributed by atoms with Gasteiger partial charge < -0.3 is 16.0 Å². The minimum Gasteiger partial charge on any atom is -0.345 e.